The molecule has 1 aromatic rings. The lowest BCUT2D eigenvalue weighted by atomic mass is 9.95. The van der Waals surface area contributed by atoms with Gasteiger partial charge >= 0.3 is 6.18 Å². The van der Waals surface area contributed by atoms with E-state index in [0.29, 0.717) is 0 Å². The first kappa shape index (κ1) is 14.9. The summed E-state index contributed by atoms with van der Waals surface area (Å²) in [6, 6.07) is 7.35. The summed E-state index contributed by atoms with van der Waals surface area (Å²) in [5.74, 6) is -3.18. The molecule has 0 amide bonds. The Morgan fingerprint density at radius 2 is 1.83 bits per heavy atom. The molecule has 0 bridgehead atoms. The van der Waals surface area contributed by atoms with Gasteiger partial charge in [0.15, 0.2) is 5.78 Å². The number of ketones is 1. The summed E-state index contributed by atoms with van der Waals surface area (Å²) in [6.07, 6.45) is -3.73. The largest absolute Gasteiger partial charge is 0.399 e. The minimum atomic E-state index is -4.60. The van der Waals surface area contributed by atoms with Crippen molar-refractivity contribution in [2.45, 2.75) is 12.6 Å². The molecular formula is C12H13F3O2S. The van der Waals surface area contributed by atoms with Crippen molar-refractivity contribution in [1.29, 1.82) is 0 Å². The second-order valence-electron chi connectivity index (χ2n) is 3.89. The molecule has 0 saturated carbocycles. The number of Topliss-reactive ketones (excluding diaryl/α,β-unsaturated/α-hetero) is 1. The zero-order valence-electron chi connectivity index (χ0n) is 9.74. The third kappa shape index (κ3) is 4.25. The SMILES string of the molecule is CS(=O)CCC(C(=O)c1ccccc1)C(F)(F)F. The summed E-state index contributed by atoms with van der Waals surface area (Å²) in [5, 5.41) is 0. The van der Waals surface area contributed by atoms with Crippen molar-refractivity contribution in [2.24, 2.45) is 5.92 Å². The molecule has 100 valence electrons. The van der Waals surface area contributed by atoms with Gasteiger partial charge in [0.05, 0.1) is 0 Å². The van der Waals surface area contributed by atoms with E-state index in [-0.39, 0.29) is 11.3 Å². The van der Waals surface area contributed by atoms with Crippen molar-refractivity contribution in [3.05, 3.63) is 35.9 Å². The van der Waals surface area contributed by atoms with E-state index in [1.165, 1.54) is 30.5 Å². The van der Waals surface area contributed by atoms with E-state index in [4.69, 9.17) is 0 Å². The minimum Gasteiger partial charge on any atom is -0.294 e. The molecule has 0 aromatic heterocycles. The van der Waals surface area contributed by atoms with E-state index in [1.807, 2.05) is 0 Å². The van der Waals surface area contributed by atoms with E-state index in [1.54, 1.807) is 6.07 Å². The van der Waals surface area contributed by atoms with Crippen LogP contribution in [0, 0.1) is 5.92 Å². The molecule has 1 rings (SSSR count). The first-order valence-electron chi connectivity index (χ1n) is 5.28. The van der Waals surface area contributed by atoms with Crippen LogP contribution in [0.25, 0.3) is 0 Å². The number of benzene rings is 1. The van der Waals surface area contributed by atoms with Gasteiger partial charge in [0.1, 0.15) is 5.92 Å². The van der Waals surface area contributed by atoms with Crippen LogP contribution in [-0.2, 0) is 10.8 Å². The van der Waals surface area contributed by atoms with Crippen LogP contribution in [0.15, 0.2) is 30.3 Å². The molecular weight excluding hydrogens is 265 g/mol. The quantitative estimate of drug-likeness (QED) is 0.776. The fraction of sp³-hybridized carbons (Fsp3) is 0.417. The Labute approximate surface area is 106 Å². The number of carbonyl (C=O) groups excluding carboxylic acids is 1. The van der Waals surface area contributed by atoms with Crippen LogP contribution < -0.4 is 0 Å². The van der Waals surface area contributed by atoms with Crippen molar-refractivity contribution in [2.75, 3.05) is 12.0 Å². The molecule has 2 unspecified atom stereocenters. The standard InChI is InChI=1S/C12H13F3O2S/c1-18(17)8-7-10(12(13,14)15)11(16)9-5-3-2-4-6-9/h2-6,10H,7-8H2,1H3. The Morgan fingerprint density at radius 1 is 1.28 bits per heavy atom. The Kier molecular flexibility index (Phi) is 5.07. The molecule has 0 aliphatic carbocycles. The summed E-state index contributed by atoms with van der Waals surface area (Å²) in [6.45, 7) is 0. The van der Waals surface area contributed by atoms with Crippen LogP contribution in [0.4, 0.5) is 13.2 Å². The zero-order valence-corrected chi connectivity index (χ0v) is 10.6. The number of alkyl halides is 3. The molecule has 6 heteroatoms. The van der Waals surface area contributed by atoms with Gasteiger partial charge in [0, 0.05) is 28.4 Å². The number of halogens is 3. The molecule has 1 aromatic carbocycles. The fourth-order valence-electron chi connectivity index (χ4n) is 1.53. The molecule has 2 nitrogen and oxygen atoms in total. The van der Waals surface area contributed by atoms with Gasteiger partial charge in [0.2, 0.25) is 0 Å². The van der Waals surface area contributed by atoms with Crippen molar-refractivity contribution < 1.29 is 22.2 Å². The van der Waals surface area contributed by atoms with E-state index in [9.17, 15) is 22.2 Å². The lowest BCUT2D eigenvalue weighted by molar-refractivity contribution is -0.160. The van der Waals surface area contributed by atoms with Crippen LogP contribution in [-0.4, -0.2) is 28.2 Å². The summed E-state index contributed by atoms with van der Waals surface area (Å²) >= 11 is 0. The fourth-order valence-corrected chi connectivity index (χ4v) is 2.10. The second-order valence-corrected chi connectivity index (χ2v) is 5.45. The predicted octanol–water partition coefficient (Wildman–Crippen LogP) is 2.82. The van der Waals surface area contributed by atoms with E-state index in [0.717, 1.165) is 0 Å². The van der Waals surface area contributed by atoms with Gasteiger partial charge in [-0.15, -0.1) is 0 Å². The first-order chi connectivity index (χ1) is 8.32. The number of hydrogen-bond donors (Lipinski definition) is 0. The first-order valence-corrected chi connectivity index (χ1v) is 7.01. The maximum absolute atomic E-state index is 12.8. The topological polar surface area (TPSA) is 34.1 Å². The van der Waals surface area contributed by atoms with E-state index in [2.05, 4.69) is 0 Å². The maximum Gasteiger partial charge on any atom is 0.399 e. The van der Waals surface area contributed by atoms with Crippen molar-refractivity contribution in [3.63, 3.8) is 0 Å². The van der Waals surface area contributed by atoms with Crippen LogP contribution in [0.1, 0.15) is 16.8 Å². The highest BCUT2D eigenvalue weighted by Gasteiger charge is 2.44. The lowest BCUT2D eigenvalue weighted by Crippen LogP contribution is -2.32. The van der Waals surface area contributed by atoms with Gasteiger partial charge in [-0.05, 0) is 6.42 Å². The molecule has 0 aliphatic rings. The van der Waals surface area contributed by atoms with Crippen LogP contribution in [0.5, 0.6) is 0 Å². The Bertz CT molecular complexity index is 429. The Hall–Kier alpha value is -1.17. The third-order valence-corrected chi connectivity index (χ3v) is 3.27. The highest BCUT2D eigenvalue weighted by Crippen LogP contribution is 2.31. The summed E-state index contributed by atoms with van der Waals surface area (Å²) in [5.41, 5.74) is 0.0294. The predicted molar refractivity (Wildman–Crippen MR) is 63.9 cm³/mol. The van der Waals surface area contributed by atoms with Gasteiger partial charge < -0.3 is 0 Å². The summed E-state index contributed by atoms with van der Waals surface area (Å²) in [7, 11) is -1.35. The Morgan fingerprint density at radius 3 is 2.28 bits per heavy atom. The second kappa shape index (κ2) is 6.13. The highest BCUT2D eigenvalue weighted by molar-refractivity contribution is 7.84. The summed E-state index contributed by atoms with van der Waals surface area (Å²) in [4.78, 5) is 11.8. The van der Waals surface area contributed by atoms with Crippen LogP contribution in [0.2, 0.25) is 0 Å². The van der Waals surface area contributed by atoms with Gasteiger partial charge in [0.25, 0.3) is 0 Å². The van der Waals surface area contributed by atoms with Gasteiger partial charge in [-0.25, -0.2) is 0 Å². The highest BCUT2D eigenvalue weighted by atomic mass is 32.2. The molecule has 0 heterocycles. The maximum atomic E-state index is 12.8. The van der Waals surface area contributed by atoms with Crippen LogP contribution in [0.3, 0.4) is 0 Å². The molecule has 0 spiro atoms. The lowest BCUT2D eigenvalue weighted by Gasteiger charge is -2.18. The number of hydrogen-bond acceptors (Lipinski definition) is 2. The number of carbonyl (C=O) groups is 1. The molecule has 0 saturated heterocycles. The van der Waals surface area contributed by atoms with Crippen LogP contribution >= 0.6 is 0 Å². The van der Waals surface area contributed by atoms with Gasteiger partial charge in [-0.3, -0.25) is 9.00 Å². The molecule has 18 heavy (non-hydrogen) atoms. The normalized spacial score (nSPS) is 15.1. The van der Waals surface area contributed by atoms with Crippen molar-refractivity contribution >= 4 is 16.6 Å². The third-order valence-electron chi connectivity index (χ3n) is 2.46. The summed E-state index contributed by atoms with van der Waals surface area (Å²) < 4.78 is 49.2. The average Bonchev–Trinajstić information content (AvgIpc) is 2.28. The van der Waals surface area contributed by atoms with Gasteiger partial charge in [-0.1, -0.05) is 30.3 Å². The van der Waals surface area contributed by atoms with Gasteiger partial charge in [-0.2, -0.15) is 13.2 Å². The molecule has 0 radical (unpaired) electrons. The van der Waals surface area contributed by atoms with E-state index < -0.39 is 35.1 Å². The average molecular weight is 278 g/mol. The number of rotatable bonds is 5. The molecule has 0 N–H and O–H groups in total. The Balaban J connectivity index is 2.90. The van der Waals surface area contributed by atoms with E-state index >= 15 is 0 Å². The zero-order chi connectivity index (χ0) is 13.8. The monoisotopic (exact) mass is 278 g/mol. The van der Waals surface area contributed by atoms with Crippen molar-refractivity contribution in [3.8, 4) is 0 Å². The molecule has 0 aliphatic heterocycles. The molecule has 2 atom stereocenters. The van der Waals surface area contributed by atoms with Crippen molar-refractivity contribution in [1.82, 2.24) is 0 Å². The minimum absolute atomic E-state index is 0.0294. The molecule has 0 fully saturated rings. The smallest absolute Gasteiger partial charge is 0.294 e.